The average Bonchev–Trinajstić information content (AvgIpc) is 3.25. The molecule has 224 valence electrons. The van der Waals surface area contributed by atoms with Gasteiger partial charge in [-0.3, -0.25) is 4.79 Å². The molecule has 9 nitrogen and oxygen atoms in total. The molecule has 1 fully saturated rings. The number of rotatable bonds is 9. The zero-order valence-corrected chi connectivity index (χ0v) is 25.0. The Balaban J connectivity index is 1.35. The van der Waals surface area contributed by atoms with Crippen molar-refractivity contribution in [3.8, 4) is 11.1 Å². The quantitative estimate of drug-likeness (QED) is 0.325. The van der Waals surface area contributed by atoms with Crippen molar-refractivity contribution < 1.29 is 27.4 Å². The Morgan fingerprint density at radius 3 is 2.69 bits per heavy atom. The molecule has 0 spiro atoms. The van der Waals surface area contributed by atoms with Crippen molar-refractivity contribution in [2.24, 2.45) is 0 Å². The minimum Gasteiger partial charge on any atom is -0.394 e. The fraction of sp³-hybridized carbons (Fsp3) is 0.400. The molecule has 2 aliphatic rings. The van der Waals surface area contributed by atoms with Gasteiger partial charge in [-0.15, -0.1) is 0 Å². The van der Waals surface area contributed by atoms with Crippen molar-refractivity contribution in [3.63, 3.8) is 0 Å². The van der Waals surface area contributed by atoms with E-state index < -0.39 is 40.4 Å². The first-order valence-electron chi connectivity index (χ1n) is 14.0. The number of amides is 1. The Morgan fingerprint density at radius 2 is 1.98 bits per heavy atom. The molecule has 1 amide bonds. The van der Waals surface area contributed by atoms with Gasteiger partial charge in [-0.05, 0) is 72.7 Å². The fourth-order valence-electron chi connectivity index (χ4n) is 5.35. The van der Waals surface area contributed by atoms with Crippen molar-refractivity contribution in [2.75, 3.05) is 25.1 Å². The highest BCUT2D eigenvalue weighted by Crippen LogP contribution is 2.37. The lowest BCUT2D eigenvalue weighted by molar-refractivity contribution is -0.125. The first-order chi connectivity index (χ1) is 20.1. The van der Waals surface area contributed by atoms with Crippen LogP contribution in [0.15, 0.2) is 53.6 Å². The molecule has 0 radical (unpaired) electrons. The summed E-state index contributed by atoms with van der Waals surface area (Å²) in [5.41, 5.74) is 2.93. The van der Waals surface area contributed by atoms with Crippen LogP contribution in [0.2, 0.25) is 5.02 Å². The first kappa shape index (κ1) is 30.4. The van der Waals surface area contributed by atoms with E-state index in [1.165, 1.54) is 19.1 Å². The summed E-state index contributed by atoms with van der Waals surface area (Å²) in [7, 11) is -4.03. The number of fused-ring (bicyclic) bond motifs is 1. The number of hydrogen-bond donors (Lipinski definition) is 3. The number of ether oxygens (including phenoxy) is 1. The molecule has 1 saturated heterocycles. The van der Waals surface area contributed by atoms with Crippen LogP contribution in [0.3, 0.4) is 0 Å². The smallest absolute Gasteiger partial charge is 0.244 e. The molecule has 0 unspecified atom stereocenters. The van der Waals surface area contributed by atoms with Crippen LogP contribution in [0.5, 0.6) is 0 Å². The van der Waals surface area contributed by atoms with E-state index in [-0.39, 0.29) is 17.5 Å². The van der Waals surface area contributed by atoms with Gasteiger partial charge in [-0.2, -0.15) is 4.31 Å². The lowest BCUT2D eigenvalue weighted by atomic mass is 10.0. The number of aryl methyl sites for hydroxylation is 1. The van der Waals surface area contributed by atoms with Crippen LogP contribution in [0.1, 0.15) is 49.4 Å². The number of anilines is 1. The fourth-order valence-corrected chi connectivity index (χ4v) is 7.37. The number of aliphatic hydroxyl groups excluding tert-OH is 1. The maximum Gasteiger partial charge on any atom is 0.244 e. The molecule has 2 aliphatic heterocycles. The number of nitrogens with zero attached hydrogens (tertiary/aromatic N) is 2. The third-order valence-electron chi connectivity index (χ3n) is 7.82. The second-order valence-corrected chi connectivity index (χ2v) is 12.9. The summed E-state index contributed by atoms with van der Waals surface area (Å²) in [6.45, 7) is 4.26. The van der Waals surface area contributed by atoms with Gasteiger partial charge in [-0.25, -0.2) is 17.8 Å². The van der Waals surface area contributed by atoms with E-state index >= 15 is 0 Å². The SMILES string of the molecule is CCc1cc(F)cc([C@@H](CO)NC(=O)[C@@H](C)N2Cc3ccc(-c4cc(NC5CCOCC5)ncc4Cl)cc3S2(=O)=O)c1. The van der Waals surface area contributed by atoms with E-state index in [0.717, 1.165) is 22.7 Å². The summed E-state index contributed by atoms with van der Waals surface area (Å²) in [6, 6.07) is 9.53. The molecule has 3 N–H and O–H groups in total. The van der Waals surface area contributed by atoms with Gasteiger partial charge in [0.1, 0.15) is 17.7 Å². The molecule has 0 aliphatic carbocycles. The van der Waals surface area contributed by atoms with Crippen molar-refractivity contribution in [2.45, 2.75) is 62.7 Å². The molecule has 5 rings (SSSR count). The van der Waals surface area contributed by atoms with Gasteiger partial charge in [-0.1, -0.05) is 36.7 Å². The molecule has 42 heavy (non-hydrogen) atoms. The number of benzene rings is 2. The highest BCUT2D eigenvalue weighted by atomic mass is 35.5. The number of aromatic nitrogens is 1. The zero-order chi connectivity index (χ0) is 30.0. The molecule has 0 bridgehead atoms. The van der Waals surface area contributed by atoms with Gasteiger partial charge in [0, 0.05) is 37.6 Å². The van der Waals surface area contributed by atoms with Crippen LogP contribution < -0.4 is 10.6 Å². The predicted molar refractivity (Wildman–Crippen MR) is 158 cm³/mol. The van der Waals surface area contributed by atoms with Crippen molar-refractivity contribution in [3.05, 3.63) is 76.2 Å². The Labute approximate surface area is 250 Å². The maximum atomic E-state index is 14.1. The summed E-state index contributed by atoms with van der Waals surface area (Å²) in [5, 5.41) is 16.4. The summed E-state index contributed by atoms with van der Waals surface area (Å²) in [6.07, 6.45) is 3.84. The summed E-state index contributed by atoms with van der Waals surface area (Å²) in [5.74, 6) is -0.437. The van der Waals surface area contributed by atoms with Crippen LogP contribution in [0.25, 0.3) is 11.1 Å². The maximum absolute atomic E-state index is 14.1. The highest BCUT2D eigenvalue weighted by molar-refractivity contribution is 7.89. The molecule has 0 saturated carbocycles. The lowest BCUT2D eigenvalue weighted by Gasteiger charge is -2.25. The van der Waals surface area contributed by atoms with Gasteiger partial charge in [0.2, 0.25) is 15.9 Å². The van der Waals surface area contributed by atoms with Crippen LogP contribution in [0, 0.1) is 5.82 Å². The molecule has 3 heterocycles. The number of nitrogens with one attached hydrogen (secondary N) is 2. The van der Waals surface area contributed by atoms with Crippen LogP contribution in [0.4, 0.5) is 10.2 Å². The Hall–Kier alpha value is -3.09. The standard InChI is InChI=1S/C30H34ClFN4O5S/c1-3-19-10-22(12-23(32)11-19)27(17-37)35-30(38)18(2)36-16-21-5-4-20(13-28(21)42(36,39)40)25-14-29(33-15-26(25)31)34-24-6-8-41-9-7-24/h4-5,10-15,18,24,27,37H,3,6-9,16-17H2,1-2H3,(H,33,34)(H,35,38)/t18-,27-/m1/s1. The largest absolute Gasteiger partial charge is 0.394 e. The predicted octanol–water partition coefficient (Wildman–Crippen LogP) is 4.44. The Bertz CT molecular complexity index is 1580. The second kappa shape index (κ2) is 12.6. The molecule has 2 aromatic carbocycles. The summed E-state index contributed by atoms with van der Waals surface area (Å²) < 4.78 is 48.0. The molecule has 2 atom stereocenters. The van der Waals surface area contributed by atoms with E-state index in [9.17, 15) is 22.7 Å². The van der Waals surface area contributed by atoms with Gasteiger partial charge in [0.05, 0.1) is 22.6 Å². The Morgan fingerprint density at radius 1 is 1.21 bits per heavy atom. The Kier molecular flexibility index (Phi) is 9.14. The number of aliphatic hydroxyl groups is 1. The first-order valence-corrected chi connectivity index (χ1v) is 15.8. The third kappa shape index (κ3) is 6.30. The van der Waals surface area contributed by atoms with Gasteiger partial charge < -0.3 is 20.5 Å². The number of carbonyl (C=O) groups excluding carboxylic acids is 1. The molecular weight excluding hydrogens is 583 g/mol. The monoisotopic (exact) mass is 616 g/mol. The van der Waals surface area contributed by atoms with Gasteiger partial charge in [0.25, 0.3) is 0 Å². The van der Waals surface area contributed by atoms with Crippen LogP contribution >= 0.6 is 11.6 Å². The van der Waals surface area contributed by atoms with Gasteiger partial charge in [0.15, 0.2) is 0 Å². The zero-order valence-electron chi connectivity index (χ0n) is 23.4. The van der Waals surface area contributed by atoms with Crippen molar-refractivity contribution >= 4 is 33.3 Å². The minimum absolute atomic E-state index is 0.0108. The molecule has 12 heteroatoms. The second-order valence-electron chi connectivity index (χ2n) is 10.6. The molecular formula is C30H34ClFN4O5S. The van der Waals surface area contributed by atoms with E-state index in [2.05, 4.69) is 15.6 Å². The normalized spacial score (nSPS) is 18.3. The van der Waals surface area contributed by atoms with Crippen LogP contribution in [-0.2, 0) is 32.5 Å². The van der Waals surface area contributed by atoms with E-state index in [1.54, 1.807) is 36.5 Å². The number of hydrogen-bond acceptors (Lipinski definition) is 7. The van der Waals surface area contributed by atoms with Crippen molar-refractivity contribution in [1.82, 2.24) is 14.6 Å². The summed E-state index contributed by atoms with van der Waals surface area (Å²) in [4.78, 5) is 17.7. The topological polar surface area (TPSA) is 121 Å². The van der Waals surface area contributed by atoms with E-state index in [1.807, 2.05) is 6.92 Å². The van der Waals surface area contributed by atoms with E-state index in [0.29, 0.717) is 52.7 Å². The minimum atomic E-state index is -4.03. The lowest BCUT2D eigenvalue weighted by Crippen LogP contribution is -2.46. The van der Waals surface area contributed by atoms with Gasteiger partial charge >= 0.3 is 0 Å². The number of pyridine rings is 1. The summed E-state index contributed by atoms with van der Waals surface area (Å²) >= 11 is 6.49. The number of carbonyl (C=O) groups is 1. The number of sulfonamides is 1. The highest BCUT2D eigenvalue weighted by Gasteiger charge is 2.40. The van der Waals surface area contributed by atoms with Crippen molar-refractivity contribution in [1.29, 1.82) is 0 Å². The third-order valence-corrected chi connectivity index (χ3v) is 10.1. The molecule has 1 aromatic heterocycles. The molecule has 3 aromatic rings. The van der Waals surface area contributed by atoms with Crippen LogP contribution in [-0.4, -0.2) is 60.6 Å². The number of halogens is 2. The average molecular weight is 617 g/mol. The van der Waals surface area contributed by atoms with E-state index in [4.69, 9.17) is 16.3 Å².